The van der Waals surface area contributed by atoms with E-state index in [1.54, 1.807) is 12.5 Å². The van der Waals surface area contributed by atoms with E-state index in [0.29, 0.717) is 13.1 Å². The summed E-state index contributed by atoms with van der Waals surface area (Å²) in [6.45, 7) is 1.10. The van der Waals surface area contributed by atoms with Gasteiger partial charge in [-0.2, -0.15) is 0 Å². The van der Waals surface area contributed by atoms with E-state index in [9.17, 15) is 4.79 Å². The quantitative estimate of drug-likeness (QED) is 0.627. The highest BCUT2D eigenvalue weighted by molar-refractivity contribution is 5.85. The molecular weight excluding hydrogens is 192 g/mol. The number of carbonyl (C=O) groups is 1. The van der Waals surface area contributed by atoms with Gasteiger partial charge in [0, 0.05) is 31.4 Å². The first-order valence-electron chi connectivity index (χ1n) is 5.22. The number of hydrogen-bond donors (Lipinski definition) is 3. The second-order valence-electron chi connectivity index (χ2n) is 4.07. The second kappa shape index (κ2) is 4.02. The van der Waals surface area contributed by atoms with Gasteiger partial charge >= 0.3 is 0 Å². The number of nitrogens with zero attached hydrogens (tertiary/aromatic N) is 1. The van der Waals surface area contributed by atoms with Crippen LogP contribution >= 0.6 is 0 Å². The molecule has 1 aliphatic rings. The average molecular weight is 208 g/mol. The van der Waals surface area contributed by atoms with Gasteiger partial charge in [-0.05, 0) is 12.8 Å². The molecule has 1 fully saturated rings. The van der Waals surface area contributed by atoms with Crippen LogP contribution in [0.2, 0.25) is 0 Å². The van der Waals surface area contributed by atoms with Gasteiger partial charge in [0.25, 0.3) is 0 Å². The number of carbonyl (C=O) groups excluding carboxylic acids is 1. The third-order valence-corrected chi connectivity index (χ3v) is 2.96. The van der Waals surface area contributed by atoms with E-state index >= 15 is 0 Å². The molecule has 1 aromatic heterocycles. The lowest BCUT2D eigenvalue weighted by Crippen LogP contribution is -2.37. The fourth-order valence-corrected chi connectivity index (χ4v) is 1.59. The molecule has 1 aromatic rings. The number of imidazole rings is 1. The van der Waals surface area contributed by atoms with E-state index in [-0.39, 0.29) is 11.3 Å². The van der Waals surface area contributed by atoms with Crippen LogP contribution in [0.15, 0.2) is 12.5 Å². The molecule has 82 valence electrons. The molecule has 0 spiro atoms. The summed E-state index contributed by atoms with van der Waals surface area (Å²) in [5.74, 6) is 0.101. The largest absolute Gasteiger partial charge is 0.355 e. The van der Waals surface area contributed by atoms with Crippen LogP contribution < -0.4 is 11.1 Å². The van der Waals surface area contributed by atoms with Gasteiger partial charge in [0.05, 0.1) is 11.7 Å². The molecule has 0 aliphatic heterocycles. The predicted octanol–water partition coefficient (Wildman–Crippen LogP) is -0.193. The fraction of sp³-hybridized carbons (Fsp3) is 0.600. The predicted molar refractivity (Wildman–Crippen MR) is 56.0 cm³/mol. The van der Waals surface area contributed by atoms with Gasteiger partial charge < -0.3 is 16.0 Å². The van der Waals surface area contributed by atoms with Crippen LogP contribution in [-0.4, -0.2) is 29.0 Å². The standard InChI is InChI=1S/C10H16N4O/c11-6-10(2-3-10)9(15)13-4-1-8-5-12-7-14-8/h5,7H,1-4,6,11H2,(H,12,14)(H,13,15). The number of rotatable bonds is 5. The minimum atomic E-state index is -0.242. The van der Waals surface area contributed by atoms with Crippen molar-refractivity contribution in [3.63, 3.8) is 0 Å². The monoisotopic (exact) mass is 208 g/mol. The van der Waals surface area contributed by atoms with Crippen LogP contribution in [0.5, 0.6) is 0 Å². The molecule has 0 saturated heterocycles. The van der Waals surface area contributed by atoms with Crippen LogP contribution in [0.3, 0.4) is 0 Å². The Hall–Kier alpha value is -1.36. The Morgan fingerprint density at radius 2 is 2.47 bits per heavy atom. The average Bonchev–Trinajstić information content (AvgIpc) is 2.90. The van der Waals surface area contributed by atoms with Gasteiger partial charge in [-0.15, -0.1) is 0 Å². The second-order valence-corrected chi connectivity index (χ2v) is 4.07. The summed E-state index contributed by atoms with van der Waals surface area (Å²) in [5.41, 5.74) is 6.35. The summed E-state index contributed by atoms with van der Waals surface area (Å²) < 4.78 is 0. The van der Waals surface area contributed by atoms with Crippen molar-refractivity contribution < 1.29 is 4.79 Å². The zero-order chi connectivity index (χ0) is 10.7. The van der Waals surface area contributed by atoms with E-state index < -0.39 is 0 Å². The van der Waals surface area contributed by atoms with Crippen molar-refractivity contribution in [2.24, 2.45) is 11.1 Å². The minimum Gasteiger partial charge on any atom is -0.355 e. The summed E-state index contributed by atoms with van der Waals surface area (Å²) >= 11 is 0. The molecule has 1 saturated carbocycles. The van der Waals surface area contributed by atoms with Crippen LogP contribution in [-0.2, 0) is 11.2 Å². The Morgan fingerprint density at radius 3 is 3.00 bits per heavy atom. The first kappa shape index (κ1) is 10.2. The fourth-order valence-electron chi connectivity index (χ4n) is 1.59. The molecule has 1 aliphatic carbocycles. The minimum absolute atomic E-state index is 0.101. The van der Waals surface area contributed by atoms with E-state index in [1.165, 1.54) is 0 Å². The molecule has 0 unspecified atom stereocenters. The summed E-state index contributed by atoms with van der Waals surface area (Å²) in [6, 6.07) is 0. The molecule has 2 rings (SSSR count). The Morgan fingerprint density at radius 1 is 1.67 bits per heavy atom. The molecule has 1 amide bonds. The Balaban J connectivity index is 1.72. The maximum Gasteiger partial charge on any atom is 0.227 e. The highest BCUT2D eigenvalue weighted by atomic mass is 16.2. The third kappa shape index (κ3) is 2.18. The highest BCUT2D eigenvalue weighted by Crippen LogP contribution is 2.44. The normalized spacial score (nSPS) is 17.4. The van der Waals surface area contributed by atoms with Crippen molar-refractivity contribution in [2.45, 2.75) is 19.3 Å². The number of H-pyrrole nitrogens is 1. The zero-order valence-electron chi connectivity index (χ0n) is 8.62. The third-order valence-electron chi connectivity index (χ3n) is 2.96. The van der Waals surface area contributed by atoms with Gasteiger partial charge in [0.1, 0.15) is 0 Å². The summed E-state index contributed by atoms with van der Waals surface area (Å²) in [5, 5.41) is 2.91. The van der Waals surface area contributed by atoms with Gasteiger partial charge in [-0.3, -0.25) is 4.79 Å². The van der Waals surface area contributed by atoms with E-state index in [2.05, 4.69) is 15.3 Å². The van der Waals surface area contributed by atoms with Crippen LogP contribution in [0.25, 0.3) is 0 Å². The first-order valence-corrected chi connectivity index (χ1v) is 5.22. The molecule has 0 atom stereocenters. The smallest absolute Gasteiger partial charge is 0.227 e. The van der Waals surface area contributed by atoms with Gasteiger partial charge in [0.15, 0.2) is 0 Å². The SMILES string of the molecule is NCC1(C(=O)NCCc2cnc[nH]2)CC1. The number of hydrogen-bond acceptors (Lipinski definition) is 3. The van der Waals surface area contributed by atoms with Crippen molar-refractivity contribution in [1.29, 1.82) is 0 Å². The van der Waals surface area contributed by atoms with Gasteiger partial charge in [0.2, 0.25) is 5.91 Å². The van der Waals surface area contributed by atoms with Gasteiger partial charge in [-0.25, -0.2) is 4.98 Å². The van der Waals surface area contributed by atoms with Crippen molar-refractivity contribution in [3.05, 3.63) is 18.2 Å². The molecule has 0 aromatic carbocycles. The first-order chi connectivity index (χ1) is 7.27. The molecule has 0 radical (unpaired) electrons. The summed E-state index contributed by atoms with van der Waals surface area (Å²) in [7, 11) is 0. The summed E-state index contributed by atoms with van der Waals surface area (Å²) in [4.78, 5) is 18.6. The lowest BCUT2D eigenvalue weighted by atomic mass is 10.1. The van der Waals surface area contributed by atoms with Crippen molar-refractivity contribution in [2.75, 3.05) is 13.1 Å². The van der Waals surface area contributed by atoms with E-state index in [1.807, 2.05) is 0 Å². The van der Waals surface area contributed by atoms with Crippen molar-refractivity contribution in [1.82, 2.24) is 15.3 Å². The molecule has 5 nitrogen and oxygen atoms in total. The lowest BCUT2D eigenvalue weighted by Gasteiger charge is -2.11. The molecular formula is C10H16N4O. The topological polar surface area (TPSA) is 83.8 Å². The van der Waals surface area contributed by atoms with E-state index in [0.717, 1.165) is 25.0 Å². The number of amides is 1. The Labute approximate surface area is 88.5 Å². The number of aromatic nitrogens is 2. The van der Waals surface area contributed by atoms with Crippen molar-refractivity contribution >= 4 is 5.91 Å². The Kier molecular flexibility index (Phi) is 2.73. The molecule has 4 N–H and O–H groups in total. The number of nitrogens with two attached hydrogens (primary N) is 1. The molecule has 5 heteroatoms. The maximum atomic E-state index is 11.7. The van der Waals surface area contributed by atoms with Crippen molar-refractivity contribution in [3.8, 4) is 0 Å². The lowest BCUT2D eigenvalue weighted by molar-refractivity contribution is -0.125. The summed E-state index contributed by atoms with van der Waals surface area (Å²) in [6.07, 6.45) is 6.05. The van der Waals surface area contributed by atoms with Crippen LogP contribution in [0.4, 0.5) is 0 Å². The van der Waals surface area contributed by atoms with E-state index in [4.69, 9.17) is 5.73 Å². The molecule has 1 heterocycles. The number of nitrogens with one attached hydrogen (secondary N) is 2. The molecule has 0 bridgehead atoms. The van der Waals surface area contributed by atoms with Crippen LogP contribution in [0, 0.1) is 5.41 Å². The van der Waals surface area contributed by atoms with Crippen LogP contribution in [0.1, 0.15) is 18.5 Å². The zero-order valence-corrected chi connectivity index (χ0v) is 8.62. The van der Waals surface area contributed by atoms with Gasteiger partial charge in [-0.1, -0.05) is 0 Å². The number of aromatic amines is 1. The molecule has 15 heavy (non-hydrogen) atoms. The maximum absolute atomic E-state index is 11.7. The Bertz CT molecular complexity index is 329. The highest BCUT2D eigenvalue weighted by Gasteiger charge is 2.48.